The van der Waals surface area contributed by atoms with Crippen molar-refractivity contribution in [2.24, 2.45) is 0 Å². The van der Waals surface area contributed by atoms with Crippen LogP contribution in [0.15, 0.2) is 48.8 Å². The number of anilines is 3. The summed E-state index contributed by atoms with van der Waals surface area (Å²) in [6, 6.07) is 12.0. The number of aromatic nitrogens is 2. The number of nitrogens with zero attached hydrogens (tertiary/aromatic N) is 2. The van der Waals surface area contributed by atoms with Crippen LogP contribution in [0.25, 0.3) is 10.9 Å². The van der Waals surface area contributed by atoms with Crippen molar-refractivity contribution >= 4 is 28.1 Å². The molecule has 0 radical (unpaired) electrons. The maximum absolute atomic E-state index is 5.69. The van der Waals surface area contributed by atoms with Gasteiger partial charge in [0.05, 0.1) is 29.3 Å². The lowest BCUT2D eigenvalue weighted by atomic mass is 10.2. The fraction of sp³-hybridized carbons (Fsp3) is 0.0667. The van der Waals surface area contributed by atoms with Crippen LogP contribution in [0.4, 0.5) is 17.2 Å². The second-order valence-electron chi connectivity index (χ2n) is 4.48. The molecule has 0 aliphatic rings. The Hall–Kier alpha value is -2.62. The molecule has 0 saturated carbocycles. The molecule has 0 unspecified atom stereocenters. The van der Waals surface area contributed by atoms with Crippen LogP contribution < -0.4 is 11.1 Å². The zero-order chi connectivity index (χ0) is 13.2. The van der Waals surface area contributed by atoms with Crippen molar-refractivity contribution in [1.29, 1.82) is 0 Å². The molecule has 0 amide bonds. The van der Waals surface area contributed by atoms with E-state index in [2.05, 4.69) is 21.4 Å². The van der Waals surface area contributed by atoms with Crippen LogP contribution in [0.2, 0.25) is 0 Å². The van der Waals surface area contributed by atoms with Crippen LogP contribution in [-0.4, -0.2) is 9.97 Å². The molecule has 4 heteroatoms. The van der Waals surface area contributed by atoms with Gasteiger partial charge in [0, 0.05) is 5.39 Å². The summed E-state index contributed by atoms with van der Waals surface area (Å²) in [5.41, 5.74) is 9.26. The first-order chi connectivity index (χ1) is 9.22. The molecule has 1 aromatic carbocycles. The zero-order valence-electron chi connectivity index (χ0n) is 10.6. The number of fused-ring (bicyclic) bond motifs is 1. The van der Waals surface area contributed by atoms with Gasteiger partial charge < -0.3 is 11.1 Å². The third kappa shape index (κ3) is 2.33. The van der Waals surface area contributed by atoms with Crippen LogP contribution in [0, 0.1) is 6.92 Å². The molecule has 0 bridgehead atoms. The lowest BCUT2D eigenvalue weighted by molar-refractivity contribution is 1.25. The second-order valence-corrected chi connectivity index (χ2v) is 4.48. The minimum Gasteiger partial charge on any atom is -0.397 e. The molecule has 2 aromatic heterocycles. The summed E-state index contributed by atoms with van der Waals surface area (Å²) in [7, 11) is 0. The maximum Gasteiger partial charge on any atom is 0.133 e. The Morgan fingerprint density at radius 3 is 2.74 bits per heavy atom. The predicted molar refractivity (Wildman–Crippen MR) is 78.4 cm³/mol. The number of nitrogens with one attached hydrogen (secondary N) is 1. The predicted octanol–water partition coefficient (Wildman–Crippen LogP) is 3.26. The van der Waals surface area contributed by atoms with E-state index < -0.39 is 0 Å². The molecule has 0 spiro atoms. The fourth-order valence-corrected chi connectivity index (χ4v) is 2.00. The van der Waals surface area contributed by atoms with Gasteiger partial charge in [-0.3, -0.25) is 4.98 Å². The van der Waals surface area contributed by atoms with Gasteiger partial charge in [-0.25, -0.2) is 4.98 Å². The van der Waals surface area contributed by atoms with Crippen LogP contribution in [0.5, 0.6) is 0 Å². The SMILES string of the molecule is Cc1cc(N)cnc1Nc1cnc2ccccc2c1. The molecule has 3 aromatic rings. The number of rotatable bonds is 2. The van der Waals surface area contributed by atoms with Gasteiger partial charge >= 0.3 is 0 Å². The van der Waals surface area contributed by atoms with Crippen molar-refractivity contribution in [3.63, 3.8) is 0 Å². The lowest BCUT2D eigenvalue weighted by Gasteiger charge is -2.09. The molecule has 0 aliphatic carbocycles. The molecule has 0 aliphatic heterocycles. The molecular formula is C15H14N4. The standard InChI is InChI=1S/C15H14N4/c1-10-6-12(16)8-18-15(10)19-13-7-11-4-2-3-5-14(11)17-9-13/h2-9H,16H2,1H3,(H,18,19). The number of aryl methyl sites for hydroxylation is 1. The summed E-state index contributed by atoms with van der Waals surface area (Å²) in [6.45, 7) is 1.97. The monoisotopic (exact) mass is 250 g/mol. The number of hydrogen-bond acceptors (Lipinski definition) is 4. The first-order valence-corrected chi connectivity index (χ1v) is 6.06. The molecular weight excluding hydrogens is 236 g/mol. The second kappa shape index (κ2) is 4.57. The van der Waals surface area contributed by atoms with Gasteiger partial charge in [-0.2, -0.15) is 0 Å². The average Bonchev–Trinajstić information content (AvgIpc) is 2.42. The largest absolute Gasteiger partial charge is 0.397 e. The van der Waals surface area contributed by atoms with Gasteiger partial charge in [0.25, 0.3) is 0 Å². The van der Waals surface area contributed by atoms with Crippen molar-refractivity contribution in [3.8, 4) is 0 Å². The lowest BCUT2D eigenvalue weighted by Crippen LogP contribution is -1.98. The van der Waals surface area contributed by atoms with Crippen molar-refractivity contribution in [3.05, 3.63) is 54.4 Å². The molecule has 0 fully saturated rings. The highest BCUT2D eigenvalue weighted by atomic mass is 15.0. The highest BCUT2D eigenvalue weighted by molar-refractivity contribution is 5.82. The Kier molecular flexibility index (Phi) is 2.76. The van der Waals surface area contributed by atoms with Gasteiger partial charge in [-0.1, -0.05) is 18.2 Å². The third-order valence-corrected chi connectivity index (χ3v) is 2.95. The topological polar surface area (TPSA) is 63.8 Å². The van der Waals surface area contributed by atoms with Crippen LogP contribution in [-0.2, 0) is 0 Å². The van der Waals surface area contributed by atoms with Crippen LogP contribution in [0.3, 0.4) is 0 Å². The molecule has 4 nitrogen and oxygen atoms in total. The van der Waals surface area contributed by atoms with Gasteiger partial charge in [-0.05, 0) is 30.7 Å². The Bertz CT molecular complexity index is 737. The summed E-state index contributed by atoms with van der Waals surface area (Å²) in [6.07, 6.45) is 3.45. The van der Waals surface area contributed by atoms with E-state index in [0.717, 1.165) is 28.0 Å². The van der Waals surface area contributed by atoms with Gasteiger partial charge in [-0.15, -0.1) is 0 Å². The first-order valence-electron chi connectivity index (χ1n) is 6.06. The minimum atomic E-state index is 0.666. The van der Waals surface area contributed by atoms with Crippen molar-refractivity contribution < 1.29 is 0 Å². The zero-order valence-corrected chi connectivity index (χ0v) is 10.6. The van der Waals surface area contributed by atoms with Crippen molar-refractivity contribution in [2.75, 3.05) is 11.1 Å². The molecule has 19 heavy (non-hydrogen) atoms. The summed E-state index contributed by atoms with van der Waals surface area (Å²) >= 11 is 0. The summed E-state index contributed by atoms with van der Waals surface area (Å²) < 4.78 is 0. The van der Waals surface area contributed by atoms with E-state index in [9.17, 15) is 0 Å². The normalized spacial score (nSPS) is 10.6. The quantitative estimate of drug-likeness (QED) is 0.732. The van der Waals surface area contributed by atoms with Crippen LogP contribution in [0.1, 0.15) is 5.56 Å². The Balaban J connectivity index is 1.96. The number of hydrogen-bond donors (Lipinski definition) is 2. The molecule has 2 heterocycles. The Labute approximate surface area is 111 Å². The Morgan fingerprint density at radius 2 is 1.89 bits per heavy atom. The highest BCUT2D eigenvalue weighted by Gasteiger charge is 2.02. The van der Waals surface area contributed by atoms with Crippen molar-refractivity contribution in [2.45, 2.75) is 6.92 Å². The maximum atomic E-state index is 5.69. The van der Waals surface area contributed by atoms with E-state index in [0.29, 0.717) is 5.69 Å². The van der Waals surface area contributed by atoms with Gasteiger partial charge in [0.1, 0.15) is 5.82 Å². The van der Waals surface area contributed by atoms with E-state index in [1.807, 2.05) is 37.3 Å². The van der Waals surface area contributed by atoms with E-state index >= 15 is 0 Å². The summed E-state index contributed by atoms with van der Waals surface area (Å²) in [4.78, 5) is 8.70. The van der Waals surface area contributed by atoms with Crippen LogP contribution >= 0.6 is 0 Å². The van der Waals surface area contributed by atoms with E-state index in [1.54, 1.807) is 12.4 Å². The number of benzene rings is 1. The van der Waals surface area contributed by atoms with E-state index in [1.165, 1.54) is 0 Å². The number of nitrogens with two attached hydrogens (primary N) is 1. The Morgan fingerprint density at radius 1 is 1.05 bits per heavy atom. The van der Waals surface area contributed by atoms with Gasteiger partial charge in [0.2, 0.25) is 0 Å². The van der Waals surface area contributed by atoms with Gasteiger partial charge in [0.15, 0.2) is 0 Å². The first kappa shape index (κ1) is 11.5. The molecule has 3 rings (SSSR count). The smallest absolute Gasteiger partial charge is 0.133 e. The number of nitrogen functional groups attached to an aromatic ring is 1. The molecule has 94 valence electrons. The molecule has 3 N–H and O–H groups in total. The average molecular weight is 250 g/mol. The van der Waals surface area contributed by atoms with Crippen molar-refractivity contribution in [1.82, 2.24) is 9.97 Å². The third-order valence-electron chi connectivity index (χ3n) is 2.95. The fourth-order valence-electron chi connectivity index (χ4n) is 2.00. The molecule has 0 saturated heterocycles. The summed E-state index contributed by atoms with van der Waals surface area (Å²) in [5.74, 6) is 0.797. The molecule has 0 atom stereocenters. The summed E-state index contributed by atoms with van der Waals surface area (Å²) in [5, 5.41) is 4.36. The minimum absolute atomic E-state index is 0.666. The number of pyridine rings is 2. The van der Waals surface area contributed by atoms with E-state index in [4.69, 9.17) is 5.73 Å². The number of para-hydroxylation sites is 1. The van der Waals surface area contributed by atoms with E-state index in [-0.39, 0.29) is 0 Å². The highest BCUT2D eigenvalue weighted by Crippen LogP contribution is 2.22.